The highest BCUT2D eigenvalue weighted by Gasteiger charge is 2.51. The van der Waals surface area contributed by atoms with Crippen molar-refractivity contribution in [1.29, 1.82) is 0 Å². The van der Waals surface area contributed by atoms with Crippen molar-refractivity contribution in [2.75, 3.05) is 19.8 Å². The molecule has 3 atom stereocenters. The molecule has 1 amide bonds. The quantitative estimate of drug-likeness (QED) is 0.703. The van der Waals surface area contributed by atoms with Gasteiger partial charge in [-0.3, -0.25) is 4.90 Å². The van der Waals surface area contributed by atoms with Gasteiger partial charge in [0.05, 0.1) is 25.9 Å². The van der Waals surface area contributed by atoms with Crippen molar-refractivity contribution >= 4 is 12.1 Å². The predicted octanol–water partition coefficient (Wildman–Crippen LogP) is 3.20. The number of benzene rings is 2. The largest absolute Gasteiger partial charge is 0.464 e. The third-order valence-electron chi connectivity index (χ3n) is 5.55. The van der Waals surface area contributed by atoms with Crippen molar-refractivity contribution in [1.82, 2.24) is 4.90 Å². The summed E-state index contributed by atoms with van der Waals surface area (Å²) in [6, 6.07) is 18.6. The number of ether oxygens (including phenoxy) is 3. The van der Waals surface area contributed by atoms with Crippen LogP contribution in [-0.4, -0.2) is 48.9 Å². The van der Waals surface area contributed by atoms with Crippen LogP contribution in [0, 0.1) is 5.92 Å². The molecule has 2 aromatic rings. The van der Waals surface area contributed by atoms with Gasteiger partial charge < -0.3 is 14.2 Å². The summed E-state index contributed by atoms with van der Waals surface area (Å²) in [6.07, 6.45) is 0.708. The van der Waals surface area contributed by atoms with E-state index in [1.54, 1.807) is 0 Å². The predicted molar refractivity (Wildman–Crippen MR) is 106 cm³/mol. The number of nitrogens with zero attached hydrogens (tertiary/aromatic N) is 1. The maximum atomic E-state index is 12.8. The molecule has 2 aliphatic rings. The highest BCUT2D eigenvalue weighted by Crippen LogP contribution is 2.35. The van der Waals surface area contributed by atoms with Gasteiger partial charge in [0, 0.05) is 12.3 Å². The Hall–Kier alpha value is -2.86. The van der Waals surface area contributed by atoms with E-state index in [-0.39, 0.29) is 31.1 Å². The van der Waals surface area contributed by atoms with Crippen LogP contribution in [0.2, 0.25) is 0 Å². The van der Waals surface area contributed by atoms with Gasteiger partial charge in [0.15, 0.2) is 0 Å². The lowest BCUT2D eigenvalue weighted by Gasteiger charge is -2.27. The van der Waals surface area contributed by atoms with E-state index in [9.17, 15) is 9.59 Å². The van der Waals surface area contributed by atoms with Gasteiger partial charge in [0.1, 0.15) is 12.6 Å². The molecule has 0 unspecified atom stereocenters. The molecule has 0 radical (unpaired) electrons. The molecule has 0 bridgehead atoms. The Labute approximate surface area is 170 Å². The summed E-state index contributed by atoms with van der Waals surface area (Å²) in [7, 11) is 0. The number of rotatable bonds is 6. The summed E-state index contributed by atoms with van der Waals surface area (Å²) in [6.45, 7) is 1.45. The van der Waals surface area contributed by atoms with Crippen molar-refractivity contribution in [3.63, 3.8) is 0 Å². The molecule has 2 aromatic carbocycles. The molecule has 0 N–H and O–H groups in total. The molecule has 6 nitrogen and oxygen atoms in total. The first-order chi connectivity index (χ1) is 14.2. The molecule has 0 aromatic heterocycles. The van der Waals surface area contributed by atoms with E-state index in [0.717, 1.165) is 11.1 Å². The molecule has 2 saturated heterocycles. The first-order valence-electron chi connectivity index (χ1n) is 9.99. The summed E-state index contributed by atoms with van der Waals surface area (Å²) >= 11 is 0. The fourth-order valence-electron chi connectivity index (χ4n) is 4.03. The highest BCUT2D eigenvalue weighted by atomic mass is 16.6. The number of esters is 1. The Morgan fingerprint density at radius 2 is 1.62 bits per heavy atom. The molecule has 0 saturated carbocycles. The molecular formula is C23H25NO5. The lowest BCUT2D eigenvalue weighted by Crippen LogP contribution is -2.47. The summed E-state index contributed by atoms with van der Waals surface area (Å²) in [5.41, 5.74) is 2.01. The third-order valence-corrected chi connectivity index (χ3v) is 5.55. The Bertz CT molecular complexity index is 826. The first-order valence-corrected chi connectivity index (χ1v) is 9.99. The van der Waals surface area contributed by atoms with E-state index in [1.165, 1.54) is 4.90 Å². The first kappa shape index (κ1) is 19.5. The Balaban J connectivity index is 1.36. The highest BCUT2D eigenvalue weighted by molar-refractivity contribution is 5.82. The number of hydrogen-bond acceptors (Lipinski definition) is 5. The van der Waals surface area contributed by atoms with E-state index < -0.39 is 12.1 Å². The molecule has 2 aliphatic heterocycles. The van der Waals surface area contributed by atoms with Crippen molar-refractivity contribution in [3.05, 3.63) is 71.8 Å². The Morgan fingerprint density at radius 3 is 2.34 bits per heavy atom. The van der Waals surface area contributed by atoms with Crippen LogP contribution in [-0.2, 0) is 32.0 Å². The van der Waals surface area contributed by atoms with E-state index in [2.05, 4.69) is 0 Å². The van der Waals surface area contributed by atoms with Crippen LogP contribution in [0.5, 0.6) is 0 Å². The number of amides is 1. The number of fused-ring (bicyclic) bond motifs is 1. The van der Waals surface area contributed by atoms with E-state index in [1.807, 2.05) is 60.7 Å². The summed E-state index contributed by atoms with van der Waals surface area (Å²) < 4.78 is 16.5. The van der Waals surface area contributed by atoms with Gasteiger partial charge in [-0.1, -0.05) is 60.7 Å². The summed E-state index contributed by atoms with van der Waals surface area (Å²) in [5.74, 6) is -0.224. The topological polar surface area (TPSA) is 65.1 Å². The van der Waals surface area contributed by atoms with Gasteiger partial charge in [0.25, 0.3) is 0 Å². The van der Waals surface area contributed by atoms with E-state index in [4.69, 9.17) is 14.2 Å². The zero-order chi connectivity index (χ0) is 20.1. The number of carbonyl (C=O) groups is 2. The molecule has 2 fully saturated rings. The number of hydrogen-bond donors (Lipinski definition) is 0. The second kappa shape index (κ2) is 9.09. The minimum absolute atomic E-state index is 0.134. The minimum atomic E-state index is -0.618. The summed E-state index contributed by atoms with van der Waals surface area (Å²) in [4.78, 5) is 27.1. The zero-order valence-electron chi connectivity index (χ0n) is 16.2. The molecule has 152 valence electrons. The van der Waals surface area contributed by atoms with Gasteiger partial charge in [-0.2, -0.15) is 0 Å². The Morgan fingerprint density at radius 1 is 0.931 bits per heavy atom. The second-order valence-corrected chi connectivity index (χ2v) is 7.47. The van der Waals surface area contributed by atoms with Gasteiger partial charge in [0.2, 0.25) is 0 Å². The van der Waals surface area contributed by atoms with Crippen LogP contribution in [0.25, 0.3) is 0 Å². The second-order valence-electron chi connectivity index (χ2n) is 7.47. The van der Waals surface area contributed by atoms with Crippen LogP contribution < -0.4 is 0 Å². The lowest BCUT2D eigenvalue weighted by molar-refractivity contribution is -0.149. The SMILES string of the molecule is O=C(OCCc1ccccc1)[C@@H]1C[C@H]2COC[C@H]2N1C(=O)OCc1ccccc1. The molecule has 29 heavy (non-hydrogen) atoms. The van der Waals surface area contributed by atoms with E-state index >= 15 is 0 Å². The van der Waals surface area contributed by atoms with Crippen LogP contribution >= 0.6 is 0 Å². The van der Waals surface area contributed by atoms with Gasteiger partial charge in [-0.05, 0) is 17.5 Å². The zero-order valence-corrected chi connectivity index (χ0v) is 16.2. The monoisotopic (exact) mass is 395 g/mol. The maximum Gasteiger partial charge on any atom is 0.411 e. The molecular weight excluding hydrogens is 370 g/mol. The van der Waals surface area contributed by atoms with Crippen LogP contribution in [0.3, 0.4) is 0 Å². The minimum Gasteiger partial charge on any atom is -0.464 e. The van der Waals surface area contributed by atoms with E-state index in [0.29, 0.717) is 26.1 Å². The molecule has 0 aliphatic carbocycles. The molecule has 0 spiro atoms. The average Bonchev–Trinajstić information content (AvgIpc) is 3.35. The van der Waals surface area contributed by atoms with Crippen molar-refractivity contribution in [2.45, 2.75) is 31.5 Å². The standard InChI is InChI=1S/C23H25NO5/c25-22(28-12-11-17-7-3-1-4-8-17)20-13-19-15-27-16-21(19)24(20)23(26)29-14-18-9-5-2-6-10-18/h1-10,19-21H,11-16H2/t19-,20-,21+/m0/s1. The van der Waals surface area contributed by atoms with Crippen LogP contribution in [0.4, 0.5) is 4.79 Å². The summed E-state index contributed by atoms with van der Waals surface area (Å²) in [5, 5.41) is 0. The normalized spacial score (nSPS) is 22.9. The van der Waals surface area contributed by atoms with Crippen LogP contribution in [0.1, 0.15) is 17.5 Å². The van der Waals surface area contributed by atoms with Gasteiger partial charge in [-0.25, -0.2) is 9.59 Å². The van der Waals surface area contributed by atoms with Gasteiger partial charge >= 0.3 is 12.1 Å². The van der Waals surface area contributed by atoms with Crippen LogP contribution in [0.15, 0.2) is 60.7 Å². The molecule has 2 heterocycles. The number of carbonyl (C=O) groups excluding carboxylic acids is 2. The van der Waals surface area contributed by atoms with Gasteiger partial charge in [-0.15, -0.1) is 0 Å². The maximum absolute atomic E-state index is 12.8. The smallest absolute Gasteiger partial charge is 0.411 e. The third kappa shape index (κ3) is 4.59. The Kier molecular flexibility index (Phi) is 6.10. The van der Waals surface area contributed by atoms with Crippen molar-refractivity contribution in [3.8, 4) is 0 Å². The van der Waals surface area contributed by atoms with Crippen molar-refractivity contribution in [2.24, 2.45) is 5.92 Å². The lowest BCUT2D eigenvalue weighted by atomic mass is 10.0. The number of likely N-dealkylation sites (tertiary alicyclic amines) is 1. The average molecular weight is 395 g/mol. The fraction of sp³-hybridized carbons (Fsp3) is 0.391. The van der Waals surface area contributed by atoms with Crippen molar-refractivity contribution < 1.29 is 23.8 Å². The molecule has 4 rings (SSSR count). The fourth-order valence-corrected chi connectivity index (χ4v) is 4.03. The molecule has 6 heteroatoms.